The van der Waals surface area contributed by atoms with Crippen LogP contribution in [0.25, 0.3) is 28.7 Å². The summed E-state index contributed by atoms with van der Waals surface area (Å²) in [6.07, 6.45) is 3.62. The highest BCUT2D eigenvalue weighted by Gasteiger charge is 2.16. The minimum Gasteiger partial charge on any atom is -0.494 e. The highest BCUT2D eigenvalue weighted by atomic mass is 32.2. The summed E-state index contributed by atoms with van der Waals surface area (Å²) in [5.74, 6) is 1.15. The van der Waals surface area contributed by atoms with Gasteiger partial charge in [-0.05, 0) is 43.5 Å². The van der Waals surface area contributed by atoms with E-state index >= 15 is 0 Å². The Kier molecular flexibility index (Phi) is 5.44. The summed E-state index contributed by atoms with van der Waals surface area (Å²) in [6, 6.07) is 16.7. The molecule has 8 heteroatoms. The number of ether oxygens (including phenoxy) is 1. The lowest BCUT2D eigenvalue weighted by Crippen LogP contribution is -2.12. The molecule has 0 saturated carbocycles. The summed E-state index contributed by atoms with van der Waals surface area (Å²) in [4.78, 5) is 17.8. The third-order valence-electron chi connectivity index (χ3n) is 4.16. The molecule has 29 heavy (non-hydrogen) atoms. The Balaban J connectivity index is 1.71. The molecule has 7 nitrogen and oxygen atoms in total. The van der Waals surface area contributed by atoms with Crippen molar-refractivity contribution in [1.82, 2.24) is 19.9 Å². The molecule has 2 aromatic carbocycles. The van der Waals surface area contributed by atoms with E-state index in [4.69, 9.17) is 9.26 Å². The van der Waals surface area contributed by atoms with E-state index in [0.29, 0.717) is 18.2 Å². The molecular weight excluding hydrogens is 388 g/mol. The SMILES string of the molecule is CCOc1cccc(-c2noc(-c3nn(-c4cccc(SC)c4)ccc3=O)n2)c1. The van der Waals surface area contributed by atoms with E-state index < -0.39 is 0 Å². The van der Waals surface area contributed by atoms with Gasteiger partial charge in [-0.1, -0.05) is 23.4 Å². The summed E-state index contributed by atoms with van der Waals surface area (Å²) in [6.45, 7) is 2.48. The molecule has 4 rings (SSSR count). The molecule has 0 aliphatic heterocycles. The van der Waals surface area contributed by atoms with Gasteiger partial charge in [0, 0.05) is 22.7 Å². The van der Waals surface area contributed by atoms with Crippen molar-refractivity contribution in [2.24, 2.45) is 0 Å². The molecule has 0 atom stereocenters. The maximum Gasteiger partial charge on any atom is 0.282 e. The van der Waals surface area contributed by atoms with E-state index in [1.165, 1.54) is 6.07 Å². The number of hydrogen-bond donors (Lipinski definition) is 0. The predicted octanol–water partition coefficient (Wildman–Crippen LogP) is 4.07. The third-order valence-corrected chi connectivity index (χ3v) is 4.88. The average molecular weight is 406 g/mol. The van der Waals surface area contributed by atoms with Crippen molar-refractivity contribution in [2.75, 3.05) is 12.9 Å². The number of rotatable bonds is 6. The zero-order chi connectivity index (χ0) is 20.2. The molecule has 146 valence electrons. The number of aromatic nitrogens is 4. The summed E-state index contributed by atoms with van der Waals surface area (Å²) in [5.41, 5.74) is 1.37. The first-order chi connectivity index (χ1) is 14.2. The third kappa shape index (κ3) is 4.07. The first-order valence-electron chi connectivity index (χ1n) is 8.99. The fourth-order valence-corrected chi connectivity index (χ4v) is 3.23. The smallest absolute Gasteiger partial charge is 0.282 e. The van der Waals surface area contributed by atoms with Gasteiger partial charge in [0.05, 0.1) is 12.3 Å². The van der Waals surface area contributed by atoms with Crippen molar-refractivity contribution in [3.8, 4) is 34.4 Å². The van der Waals surface area contributed by atoms with Crippen LogP contribution in [0.3, 0.4) is 0 Å². The van der Waals surface area contributed by atoms with Crippen molar-refractivity contribution in [3.63, 3.8) is 0 Å². The molecule has 0 aliphatic carbocycles. The largest absolute Gasteiger partial charge is 0.494 e. The summed E-state index contributed by atoms with van der Waals surface area (Å²) >= 11 is 1.63. The molecule has 0 N–H and O–H groups in total. The van der Waals surface area contributed by atoms with Gasteiger partial charge in [-0.25, -0.2) is 4.68 Å². The molecule has 0 saturated heterocycles. The number of nitrogens with zero attached hydrogens (tertiary/aromatic N) is 4. The van der Waals surface area contributed by atoms with Gasteiger partial charge in [0.25, 0.3) is 5.89 Å². The summed E-state index contributed by atoms with van der Waals surface area (Å²) in [5, 5.41) is 8.42. The van der Waals surface area contributed by atoms with Crippen LogP contribution >= 0.6 is 11.8 Å². The van der Waals surface area contributed by atoms with Crippen LogP contribution in [0.15, 0.2) is 75.0 Å². The molecule has 2 heterocycles. The van der Waals surface area contributed by atoms with Crippen molar-refractivity contribution in [1.29, 1.82) is 0 Å². The second kappa shape index (κ2) is 8.32. The molecular formula is C21H18N4O3S. The first kappa shape index (κ1) is 18.9. The highest BCUT2D eigenvalue weighted by molar-refractivity contribution is 7.98. The second-order valence-electron chi connectivity index (χ2n) is 6.06. The molecule has 0 unspecified atom stereocenters. The fourth-order valence-electron chi connectivity index (χ4n) is 2.78. The molecule has 2 aromatic heterocycles. The van der Waals surface area contributed by atoms with Crippen molar-refractivity contribution in [3.05, 3.63) is 71.0 Å². The van der Waals surface area contributed by atoms with Crippen LogP contribution in [0.2, 0.25) is 0 Å². The topological polar surface area (TPSA) is 83.0 Å². The van der Waals surface area contributed by atoms with Crippen LogP contribution in [-0.4, -0.2) is 32.8 Å². The lowest BCUT2D eigenvalue weighted by Gasteiger charge is -2.07. The Bertz CT molecular complexity index is 1200. The molecule has 0 aliphatic rings. The Morgan fingerprint density at radius 2 is 2.00 bits per heavy atom. The van der Waals surface area contributed by atoms with Crippen molar-refractivity contribution in [2.45, 2.75) is 11.8 Å². The first-order valence-corrected chi connectivity index (χ1v) is 10.2. The van der Waals surface area contributed by atoms with E-state index in [0.717, 1.165) is 16.1 Å². The Hall–Kier alpha value is -3.39. The summed E-state index contributed by atoms with van der Waals surface area (Å²) < 4.78 is 12.5. The minimum absolute atomic E-state index is 0.0715. The van der Waals surface area contributed by atoms with Gasteiger partial charge >= 0.3 is 0 Å². The zero-order valence-electron chi connectivity index (χ0n) is 15.9. The van der Waals surface area contributed by atoms with Gasteiger partial charge in [0.2, 0.25) is 11.3 Å². The maximum atomic E-state index is 12.4. The monoisotopic (exact) mass is 406 g/mol. The number of hydrogen-bond acceptors (Lipinski definition) is 7. The van der Waals surface area contributed by atoms with Crippen LogP contribution in [0.1, 0.15) is 6.92 Å². The van der Waals surface area contributed by atoms with E-state index in [1.807, 2.05) is 61.7 Å². The van der Waals surface area contributed by atoms with Crippen LogP contribution in [0.5, 0.6) is 5.75 Å². The van der Waals surface area contributed by atoms with Gasteiger partial charge in [-0.15, -0.1) is 11.8 Å². The number of thioether (sulfide) groups is 1. The maximum absolute atomic E-state index is 12.4. The zero-order valence-corrected chi connectivity index (χ0v) is 16.7. The van der Waals surface area contributed by atoms with E-state index in [2.05, 4.69) is 15.2 Å². The van der Waals surface area contributed by atoms with Gasteiger partial charge in [0.1, 0.15) is 5.75 Å². The van der Waals surface area contributed by atoms with Crippen LogP contribution < -0.4 is 10.2 Å². The normalized spacial score (nSPS) is 10.8. The molecule has 0 bridgehead atoms. The van der Waals surface area contributed by atoms with Crippen LogP contribution in [0, 0.1) is 0 Å². The van der Waals surface area contributed by atoms with Gasteiger partial charge < -0.3 is 9.26 Å². The molecule has 0 radical (unpaired) electrons. The molecule has 0 amide bonds. The lowest BCUT2D eigenvalue weighted by molar-refractivity contribution is 0.340. The van der Waals surface area contributed by atoms with Gasteiger partial charge in [-0.3, -0.25) is 4.79 Å². The highest BCUT2D eigenvalue weighted by Crippen LogP contribution is 2.24. The summed E-state index contributed by atoms with van der Waals surface area (Å²) in [7, 11) is 0. The minimum atomic E-state index is -0.291. The lowest BCUT2D eigenvalue weighted by atomic mass is 10.2. The van der Waals surface area contributed by atoms with E-state index in [9.17, 15) is 4.79 Å². The quantitative estimate of drug-likeness (QED) is 0.446. The Morgan fingerprint density at radius 3 is 2.83 bits per heavy atom. The van der Waals surface area contributed by atoms with Crippen molar-refractivity contribution >= 4 is 11.8 Å². The number of benzene rings is 2. The standard InChI is InChI=1S/C21H18N4O3S/c1-3-27-16-8-4-6-14(12-16)20-22-21(28-24-20)19-18(26)10-11-25(23-19)15-7-5-9-17(13-15)29-2/h4-13H,3H2,1-2H3. The predicted molar refractivity (Wildman–Crippen MR) is 112 cm³/mol. The van der Waals surface area contributed by atoms with Crippen LogP contribution in [-0.2, 0) is 0 Å². The molecule has 0 spiro atoms. The Morgan fingerprint density at radius 1 is 1.14 bits per heavy atom. The average Bonchev–Trinajstić information content (AvgIpc) is 3.25. The van der Waals surface area contributed by atoms with E-state index in [-0.39, 0.29) is 17.0 Å². The van der Waals surface area contributed by atoms with Gasteiger partial charge in [-0.2, -0.15) is 10.1 Å². The molecule has 0 fully saturated rings. The van der Waals surface area contributed by atoms with Crippen LogP contribution in [0.4, 0.5) is 0 Å². The van der Waals surface area contributed by atoms with E-state index in [1.54, 1.807) is 22.6 Å². The second-order valence-corrected chi connectivity index (χ2v) is 6.94. The molecule has 4 aromatic rings. The fraction of sp³-hybridized carbons (Fsp3) is 0.143. The Labute approximate surface area is 171 Å². The van der Waals surface area contributed by atoms with Gasteiger partial charge in [0.15, 0.2) is 5.69 Å². The van der Waals surface area contributed by atoms with Crippen molar-refractivity contribution < 1.29 is 9.26 Å².